The maximum atomic E-state index is 2.49. The molecule has 3 heterocycles. The zero-order chi connectivity index (χ0) is 33.9. The molecule has 0 atom stereocenters. The summed E-state index contributed by atoms with van der Waals surface area (Å²) in [5, 5.41) is 7.79. The SMILES string of the molecule is c1ccc2c(c1)Cc1ccc(N(c3ccc(-c4ccc5sc6ccccc6c5c4)cc3)c3ccc4c5ccccc5n5c6ccccc6c3c45)cc1-2. The number of benzene rings is 8. The predicted molar refractivity (Wildman–Crippen MR) is 222 cm³/mol. The summed E-state index contributed by atoms with van der Waals surface area (Å²) in [6.45, 7) is 0. The highest BCUT2D eigenvalue weighted by atomic mass is 32.1. The third kappa shape index (κ3) is 3.89. The average Bonchev–Trinajstić information content (AvgIpc) is 3.95. The van der Waals surface area contributed by atoms with Crippen molar-refractivity contribution in [2.75, 3.05) is 4.90 Å². The van der Waals surface area contributed by atoms with Gasteiger partial charge in [-0.15, -0.1) is 11.3 Å². The van der Waals surface area contributed by atoms with E-state index in [1.54, 1.807) is 0 Å². The molecule has 0 unspecified atom stereocenters. The van der Waals surface area contributed by atoms with Crippen LogP contribution in [-0.2, 0) is 6.42 Å². The van der Waals surface area contributed by atoms with Crippen LogP contribution in [-0.4, -0.2) is 4.40 Å². The molecule has 0 amide bonds. The number of fused-ring (bicyclic) bond motifs is 12. The molecule has 0 spiro atoms. The summed E-state index contributed by atoms with van der Waals surface area (Å²) in [5.74, 6) is 0. The minimum Gasteiger partial charge on any atom is -0.310 e. The minimum atomic E-state index is 0.981. The van der Waals surface area contributed by atoms with Gasteiger partial charge >= 0.3 is 0 Å². The molecule has 0 saturated heterocycles. The van der Waals surface area contributed by atoms with Crippen molar-refractivity contribution in [3.05, 3.63) is 181 Å². The maximum absolute atomic E-state index is 2.49. The molecule has 0 fully saturated rings. The van der Waals surface area contributed by atoms with Crippen LogP contribution in [0.15, 0.2) is 170 Å². The van der Waals surface area contributed by atoms with E-state index in [-0.39, 0.29) is 0 Å². The zero-order valence-electron chi connectivity index (χ0n) is 28.2. The topological polar surface area (TPSA) is 7.65 Å². The lowest BCUT2D eigenvalue weighted by Gasteiger charge is -2.27. The van der Waals surface area contributed by atoms with Crippen LogP contribution in [0.2, 0.25) is 0 Å². The Balaban J connectivity index is 1.09. The quantitative estimate of drug-likeness (QED) is 0.180. The van der Waals surface area contributed by atoms with Crippen LogP contribution in [0.5, 0.6) is 0 Å². The lowest BCUT2D eigenvalue weighted by molar-refractivity contribution is 1.25. The summed E-state index contributed by atoms with van der Waals surface area (Å²) in [7, 11) is 0. The highest BCUT2D eigenvalue weighted by molar-refractivity contribution is 7.25. The second kappa shape index (κ2) is 10.6. The van der Waals surface area contributed by atoms with Gasteiger partial charge in [0, 0.05) is 53.1 Å². The number of nitrogens with zero attached hydrogens (tertiary/aromatic N) is 2. The van der Waals surface area contributed by atoms with Crippen molar-refractivity contribution in [1.82, 2.24) is 4.40 Å². The fourth-order valence-electron chi connectivity index (χ4n) is 9.02. The van der Waals surface area contributed by atoms with Crippen LogP contribution in [0.3, 0.4) is 0 Å². The Kier molecular flexibility index (Phi) is 5.74. The van der Waals surface area contributed by atoms with Gasteiger partial charge in [-0.25, -0.2) is 0 Å². The standard InChI is InChI=1S/C49H30N2S/c1-2-10-36-32(9-1)27-33-19-23-35(29-41(33)36)50(34-21-17-30(18-22-34)31-20-26-47-42(28-31)38-12-5-8-16-46(38)52-47)45-25-24-39-37-11-3-6-14-43(37)51-44-15-7-4-13-40(44)48(45)49(39)51/h1-26,28-29H,27H2. The number of hydrogen-bond donors (Lipinski definition) is 0. The molecule has 12 rings (SSSR count). The summed E-state index contributed by atoms with van der Waals surface area (Å²) in [6.07, 6.45) is 0.981. The Hall–Kier alpha value is -6.42. The van der Waals surface area contributed by atoms with Gasteiger partial charge < -0.3 is 9.30 Å². The monoisotopic (exact) mass is 678 g/mol. The van der Waals surface area contributed by atoms with Gasteiger partial charge in [-0.2, -0.15) is 0 Å². The largest absolute Gasteiger partial charge is 0.310 e. The van der Waals surface area contributed by atoms with Gasteiger partial charge in [0.2, 0.25) is 0 Å². The molecule has 0 radical (unpaired) electrons. The van der Waals surface area contributed by atoms with E-state index in [0.29, 0.717) is 0 Å². The Morgan fingerprint density at radius 1 is 0.442 bits per heavy atom. The third-order valence-electron chi connectivity index (χ3n) is 11.3. The van der Waals surface area contributed by atoms with E-state index in [9.17, 15) is 0 Å². The minimum absolute atomic E-state index is 0.981. The molecular formula is C49H30N2S. The lowest BCUT2D eigenvalue weighted by Crippen LogP contribution is -2.10. The fraction of sp³-hybridized carbons (Fsp3) is 0.0204. The smallest absolute Gasteiger partial charge is 0.0641 e. The van der Waals surface area contributed by atoms with E-state index in [0.717, 1.165) is 17.8 Å². The highest BCUT2D eigenvalue weighted by Gasteiger charge is 2.25. The average molecular weight is 679 g/mol. The molecule has 2 nitrogen and oxygen atoms in total. The van der Waals surface area contributed by atoms with Gasteiger partial charge in [-0.3, -0.25) is 0 Å². The first kappa shape index (κ1) is 28.3. The molecule has 1 aliphatic rings. The highest BCUT2D eigenvalue weighted by Crippen LogP contribution is 2.49. The molecule has 8 aromatic carbocycles. The van der Waals surface area contributed by atoms with Crippen molar-refractivity contribution >= 4 is 86.7 Å². The van der Waals surface area contributed by atoms with Crippen molar-refractivity contribution in [2.45, 2.75) is 6.42 Å². The maximum Gasteiger partial charge on any atom is 0.0641 e. The van der Waals surface area contributed by atoms with Crippen molar-refractivity contribution in [3.8, 4) is 22.3 Å². The van der Waals surface area contributed by atoms with Crippen molar-refractivity contribution in [1.29, 1.82) is 0 Å². The van der Waals surface area contributed by atoms with Crippen LogP contribution in [0.1, 0.15) is 11.1 Å². The van der Waals surface area contributed by atoms with Crippen LogP contribution in [0.4, 0.5) is 17.1 Å². The van der Waals surface area contributed by atoms with Crippen molar-refractivity contribution in [3.63, 3.8) is 0 Å². The fourth-order valence-corrected chi connectivity index (χ4v) is 10.1. The molecule has 3 aromatic heterocycles. The molecule has 0 N–H and O–H groups in total. The summed E-state index contributed by atoms with van der Waals surface area (Å²) in [6, 6.07) is 63.2. The summed E-state index contributed by atoms with van der Waals surface area (Å²) in [4.78, 5) is 2.49. The molecule has 0 bridgehead atoms. The summed E-state index contributed by atoms with van der Waals surface area (Å²) >= 11 is 1.87. The second-order valence-electron chi connectivity index (χ2n) is 14.1. The Labute approximate surface area is 304 Å². The molecule has 3 heteroatoms. The molecule has 0 aliphatic heterocycles. The summed E-state index contributed by atoms with van der Waals surface area (Å²) < 4.78 is 5.14. The van der Waals surface area contributed by atoms with Gasteiger partial charge in [-0.05, 0) is 100 Å². The van der Waals surface area contributed by atoms with E-state index in [2.05, 4.69) is 179 Å². The normalized spacial score (nSPS) is 12.5. The Morgan fingerprint density at radius 3 is 2.00 bits per heavy atom. The lowest BCUT2D eigenvalue weighted by atomic mass is 10.0. The van der Waals surface area contributed by atoms with E-state index < -0.39 is 0 Å². The van der Waals surface area contributed by atoms with Gasteiger partial charge in [0.05, 0.1) is 22.2 Å². The van der Waals surface area contributed by atoms with E-state index in [1.165, 1.54) is 97.3 Å². The predicted octanol–water partition coefficient (Wildman–Crippen LogP) is 13.9. The van der Waals surface area contributed by atoms with Gasteiger partial charge in [0.1, 0.15) is 0 Å². The molecular weight excluding hydrogens is 649 g/mol. The van der Waals surface area contributed by atoms with Gasteiger partial charge in [0.15, 0.2) is 0 Å². The van der Waals surface area contributed by atoms with Crippen LogP contribution in [0.25, 0.3) is 80.5 Å². The zero-order valence-corrected chi connectivity index (χ0v) is 29.0. The Morgan fingerprint density at radius 2 is 1.12 bits per heavy atom. The van der Waals surface area contributed by atoms with Crippen molar-refractivity contribution in [2.24, 2.45) is 0 Å². The number of aromatic nitrogens is 1. The first-order valence-corrected chi connectivity index (χ1v) is 18.8. The first-order chi connectivity index (χ1) is 25.8. The molecule has 242 valence electrons. The number of para-hydroxylation sites is 2. The third-order valence-corrected chi connectivity index (χ3v) is 12.5. The van der Waals surface area contributed by atoms with Gasteiger partial charge in [0.25, 0.3) is 0 Å². The van der Waals surface area contributed by atoms with Crippen LogP contribution < -0.4 is 4.90 Å². The van der Waals surface area contributed by atoms with E-state index in [4.69, 9.17) is 0 Å². The molecule has 52 heavy (non-hydrogen) atoms. The number of thiophene rings is 1. The second-order valence-corrected chi connectivity index (χ2v) is 15.2. The van der Waals surface area contributed by atoms with E-state index in [1.807, 2.05) is 11.3 Å². The molecule has 11 aromatic rings. The molecule has 0 saturated carbocycles. The Bertz CT molecular complexity index is 3220. The van der Waals surface area contributed by atoms with Gasteiger partial charge in [-0.1, -0.05) is 109 Å². The summed E-state index contributed by atoms with van der Waals surface area (Å²) in [5.41, 5.74) is 15.2. The number of rotatable bonds is 4. The van der Waals surface area contributed by atoms with E-state index >= 15 is 0 Å². The van der Waals surface area contributed by atoms with Crippen LogP contribution >= 0.6 is 11.3 Å². The van der Waals surface area contributed by atoms with Crippen molar-refractivity contribution < 1.29 is 0 Å². The van der Waals surface area contributed by atoms with Crippen LogP contribution in [0, 0.1) is 0 Å². The molecule has 1 aliphatic carbocycles. The number of anilines is 3. The first-order valence-electron chi connectivity index (χ1n) is 18.0. The number of hydrogen-bond acceptors (Lipinski definition) is 2.